The molecule has 0 aliphatic carbocycles. The maximum atomic E-state index is 5.52. The zero-order valence-electron chi connectivity index (χ0n) is 10.8. The Bertz CT molecular complexity index is 519. The van der Waals surface area contributed by atoms with E-state index < -0.39 is 0 Å². The highest BCUT2D eigenvalue weighted by atomic mass is 79.9. The summed E-state index contributed by atoms with van der Waals surface area (Å²) in [7, 11) is 0. The molecule has 4 heteroatoms. The van der Waals surface area contributed by atoms with Crippen LogP contribution in [0.3, 0.4) is 0 Å². The Labute approximate surface area is 117 Å². The Kier molecular flexibility index (Phi) is 4.78. The molecule has 18 heavy (non-hydrogen) atoms. The van der Waals surface area contributed by atoms with Crippen LogP contribution >= 0.6 is 15.9 Å². The van der Waals surface area contributed by atoms with E-state index in [1.165, 1.54) is 24.2 Å². The third-order valence-electron chi connectivity index (χ3n) is 3.21. The fourth-order valence-corrected chi connectivity index (χ4v) is 2.65. The molecule has 1 aromatic carbocycles. The average molecular weight is 310 g/mol. The van der Waals surface area contributed by atoms with Gasteiger partial charge in [0.2, 0.25) is 0 Å². The zero-order chi connectivity index (χ0) is 13.0. The lowest BCUT2D eigenvalue weighted by Crippen LogP contribution is -2.03. The highest BCUT2D eigenvalue weighted by molar-refractivity contribution is 9.10. The molecule has 0 unspecified atom stereocenters. The molecule has 2 aromatic rings. The predicted molar refractivity (Wildman–Crippen MR) is 79.7 cm³/mol. The van der Waals surface area contributed by atoms with Gasteiger partial charge in [-0.1, -0.05) is 22.4 Å². The van der Waals surface area contributed by atoms with Crippen molar-refractivity contribution in [1.82, 2.24) is 9.55 Å². The summed E-state index contributed by atoms with van der Waals surface area (Å²) in [5.41, 5.74) is 7.83. The normalized spacial score (nSPS) is 11.3. The van der Waals surface area contributed by atoms with Gasteiger partial charge in [0.1, 0.15) is 5.82 Å². The van der Waals surface area contributed by atoms with Gasteiger partial charge in [0, 0.05) is 17.4 Å². The molecule has 2 N–H and O–H groups in total. The number of hydrogen-bond donors (Lipinski definition) is 1. The van der Waals surface area contributed by atoms with Crippen molar-refractivity contribution < 1.29 is 0 Å². The Balaban J connectivity index is 2.21. The number of nitrogens with zero attached hydrogens (tertiary/aromatic N) is 2. The van der Waals surface area contributed by atoms with Crippen LogP contribution < -0.4 is 5.73 Å². The summed E-state index contributed by atoms with van der Waals surface area (Å²) in [5, 5.41) is 0. The minimum absolute atomic E-state index is 0.789. The maximum Gasteiger partial charge on any atom is 0.109 e. The molecule has 3 nitrogen and oxygen atoms in total. The van der Waals surface area contributed by atoms with Crippen LogP contribution in [0.15, 0.2) is 22.7 Å². The summed E-state index contributed by atoms with van der Waals surface area (Å²) in [6.45, 7) is 3.94. The van der Waals surface area contributed by atoms with Crippen molar-refractivity contribution in [3.8, 4) is 0 Å². The van der Waals surface area contributed by atoms with Gasteiger partial charge in [-0.2, -0.15) is 0 Å². The van der Waals surface area contributed by atoms with Gasteiger partial charge >= 0.3 is 0 Å². The minimum atomic E-state index is 0.789. The van der Waals surface area contributed by atoms with Crippen LogP contribution in [0.4, 0.5) is 0 Å². The van der Waals surface area contributed by atoms with E-state index in [1.807, 2.05) is 0 Å². The van der Waals surface area contributed by atoms with Crippen LogP contribution in [-0.2, 0) is 13.0 Å². The molecular weight excluding hydrogens is 290 g/mol. The summed E-state index contributed by atoms with van der Waals surface area (Å²) < 4.78 is 3.40. The third-order valence-corrected chi connectivity index (χ3v) is 3.70. The molecule has 0 saturated heterocycles. The molecule has 0 bridgehead atoms. The van der Waals surface area contributed by atoms with Crippen molar-refractivity contribution in [3.05, 3.63) is 28.5 Å². The highest BCUT2D eigenvalue weighted by Crippen LogP contribution is 2.21. The maximum absolute atomic E-state index is 5.52. The number of fused-ring (bicyclic) bond motifs is 1. The first-order chi connectivity index (χ1) is 8.76. The minimum Gasteiger partial charge on any atom is -0.330 e. The van der Waals surface area contributed by atoms with Crippen LogP contribution in [0, 0.1) is 0 Å². The number of benzene rings is 1. The van der Waals surface area contributed by atoms with E-state index in [1.54, 1.807) is 0 Å². The molecule has 0 saturated carbocycles. The molecule has 2 rings (SSSR count). The third kappa shape index (κ3) is 2.93. The summed E-state index contributed by atoms with van der Waals surface area (Å²) >= 11 is 3.50. The van der Waals surface area contributed by atoms with E-state index in [9.17, 15) is 0 Å². The topological polar surface area (TPSA) is 43.8 Å². The second kappa shape index (κ2) is 6.34. The highest BCUT2D eigenvalue weighted by Gasteiger charge is 2.09. The van der Waals surface area contributed by atoms with Crippen molar-refractivity contribution in [3.63, 3.8) is 0 Å². The lowest BCUT2D eigenvalue weighted by molar-refractivity contribution is 0.637. The molecule has 0 radical (unpaired) electrons. The van der Waals surface area contributed by atoms with Gasteiger partial charge in [0.15, 0.2) is 0 Å². The van der Waals surface area contributed by atoms with Crippen molar-refractivity contribution in [1.29, 1.82) is 0 Å². The first-order valence-electron chi connectivity index (χ1n) is 6.61. The van der Waals surface area contributed by atoms with Crippen molar-refractivity contribution in [2.75, 3.05) is 6.54 Å². The van der Waals surface area contributed by atoms with E-state index in [4.69, 9.17) is 10.7 Å². The van der Waals surface area contributed by atoms with Crippen molar-refractivity contribution >= 4 is 27.0 Å². The fraction of sp³-hybridized carbons (Fsp3) is 0.500. The lowest BCUT2D eigenvalue weighted by atomic mass is 10.2. The number of hydrogen-bond acceptors (Lipinski definition) is 2. The van der Waals surface area contributed by atoms with E-state index in [-0.39, 0.29) is 0 Å². The quantitative estimate of drug-likeness (QED) is 0.830. The van der Waals surface area contributed by atoms with Gasteiger partial charge < -0.3 is 10.3 Å². The van der Waals surface area contributed by atoms with Gasteiger partial charge in [0.25, 0.3) is 0 Å². The monoisotopic (exact) mass is 309 g/mol. The van der Waals surface area contributed by atoms with E-state index in [0.29, 0.717) is 0 Å². The number of aryl methyl sites for hydroxylation is 2. The van der Waals surface area contributed by atoms with Crippen LogP contribution in [0.1, 0.15) is 32.0 Å². The SMILES string of the molecule is CCn1c(CCCCCN)nc2cc(Br)ccc21. The number of aromatic nitrogens is 2. The second-order valence-corrected chi connectivity index (χ2v) is 5.42. The summed E-state index contributed by atoms with van der Waals surface area (Å²) in [5.74, 6) is 1.20. The Hall–Kier alpha value is -0.870. The molecule has 0 aliphatic heterocycles. The number of nitrogens with two attached hydrogens (primary N) is 1. The van der Waals surface area contributed by atoms with Gasteiger partial charge in [0.05, 0.1) is 11.0 Å². The van der Waals surface area contributed by atoms with Crippen LogP contribution in [0.2, 0.25) is 0 Å². The number of rotatable bonds is 6. The molecule has 1 aromatic heterocycles. The Morgan fingerprint density at radius 1 is 1.28 bits per heavy atom. The summed E-state index contributed by atoms with van der Waals surface area (Å²) in [6.07, 6.45) is 4.51. The fourth-order valence-electron chi connectivity index (χ4n) is 2.30. The molecule has 0 aliphatic rings. The number of unbranched alkanes of at least 4 members (excludes halogenated alkanes) is 2. The molecular formula is C14H20BrN3. The van der Waals surface area contributed by atoms with E-state index >= 15 is 0 Å². The second-order valence-electron chi connectivity index (χ2n) is 4.50. The molecule has 1 heterocycles. The van der Waals surface area contributed by atoms with Gasteiger partial charge in [-0.25, -0.2) is 4.98 Å². The van der Waals surface area contributed by atoms with Crippen LogP contribution in [0.25, 0.3) is 11.0 Å². The lowest BCUT2D eigenvalue weighted by Gasteiger charge is -2.05. The first kappa shape index (κ1) is 13.6. The zero-order valence-corrected chi connectivity index (χ0v) is 12.4. The summed E-state index contributed by atoms with van der Waals surface area (Å²) in [6, 6.07) is 6.30. The van der Waals surface area contributed by atoms with Crippen LogP contribution in [0.5, 0.6) is 0 Å². The number of imidazole rings is 1. The first-order valence-corrected chi connectivity index (χ1v) is 7.40. The average Bonchev–Trinajstić information content (AvgIpc) is 2.71. The molecule has 0 atom stereocenters. The molecule has 0 spiro atoms. The van der Waals surface area contributed by atoms with E-state index in [2.05, 4.69) is 45.6 Å². The van der Waals surface area contributed by atoms with Gasteiger partial charge in [-0.05, 0) is 44.5 Å². The summed E-state index contributed by atoms with van der Waals surface area (Å²) in [4.78, 5) is 4.74. The van der Waals surface area contributed by atoms with Crippen molar-refractivity contribution in [2.45, 2.75) is 39.2 Å². The standard InChI is InChI=1S/C14H20BrN3/c1-2-18-13-8-7-11(15)10-12(13)17-14(18)6-4-3-5-9-16/h7-8,10H,2-6,9,16H2,1H3. The number of halogens is 1. The van der Waals surface area contributed by atoms with E-state index in [0.717, 1.165) is 35.9 Å². The smallest absolute Gasteiger partial charge is 0.109 e. The molecule has 0 fully saturated rings. The van der Waals surface area contributed by atoms with Gasteiger partial charge in [-0.3, -0.25) is 0 Å². The van der Waals surface area contributed by atoms with Crippen LogP contribution in [-0.4, -0.2) is 16.1 Å². The largest absolute Gasteiger partial charge is 0.330 e. The van der Waals surface area contributed by atoms with Crippen molar-refractivity contribution in [2.24, 2.45) is 5.73 Å². The van der Waals surface area contributed by atoms with Gasteiger partial charge in [-0.15, -0.1) is 0 Å². The predicted octanol–water partition coefficient (Wildman–Crippen LogP) is 3.49. The Morgan fingerprint density at radius 2 is 2.11 bits per heavy atom. The Morgan fingerprint density at radius 3 is 2.83 bits per heavy atom. The molecule has 0 amide bonds. The molecule has 98 valence electrons.